The van der Waals surface area contributed by atoms with Gasteiger partial charge in [-0.15, -0.1) is 0 Å². The first-order valence-electron chi connectivity index (χ1n) is 10.5. The molecule has 3 aromatic rings. The minimum Gasteiger partial charge on any atom is -0.459 e. The normalized spacial score (nSPS) is 20.2. The van der Waals surface area contributed by atoms with E-state index < -0.39 is 6.04 Å². The zero-order chi connectivity index (χ0) is 20.5. The van der Waals surface area contributed by atoms with Gasteiger partial charge in [-0.25, -0.2) is 0 Å². The predicted octanol–water partition coefficient (Wildman–Crippen LogP) is 4.04. The lowest BCUT2D eigenvalue weighted by Gasteiger charge is -2.37. The van der Waals surface area contributed by atoms with E-state index in [1.54, 1.807) is 17.0 Å². The molecule has 2 atom stereocenters. The van der Waals surface area contributed by atoms with Gasteiger partial charge < -0.3 is 14.6 Å². The number of carbonyl (C=O) groups excluding carboxylic acids is 2. The lowest BCUT2D eigenvalue weighted by molar-refractivity contribution is -0.127. The lowest BCUT2D eigenvalue weighted by atomic mass is 9.87. The van der Waals surface area contributed by atoms with E-state index in [0.717, 1.165) is 30.4 Å². The predicted molar refractivity (Wildman–Crippen MR) is 113 cm³/mol. The monoisotopic (exact) mass is 400 g/mol. The Hall–Kier alpha value is -3.34. The number of fused-ring (bicyclic) bond motifs is 2. The first-order valence-corrected chi connectivity index (χ1v) is 10.5. The summed E-state index contributed by atoms with van der Waals surface area (Å²) in [5, 5.41) is 3.24. The maximum Gasteiger partial charge on any atom is 0.290 e. The molecule has 152 valence electrons. The van der Waals surface area contributed by atoms with Crippen LogP contribution in [0.15, 0.2) is 71.3 Å². The van der Waals surface area contributed by atoms with Crippen molar-refractivity contribution >= 4 is 11.8 Å². The molecule has 0 radical (unpaired) electrons. The summed E-state index contributed by atoms with van der Waals surface area (Å²) in [6, 6.07) is 19.1. The van der Waals surface area contributed by atoms with Gasteiger partial charge in [-0.3, -0.25) is 9.59 Å². The largest absolute Gasteiger partial charge is 0.459 e. The Kier molecular flexibility index (Phi) is 4.87. The number of hydrogen-bond donors (Lipinski definition) is 1. The molecule has 5 rings (SSSR count). The van der Waals surface area contributed by atoms with E-state index in [1.807, 2.05) is 36.4 Å². The second-order valence-electron chi connectivity index (χ2n) is 8.05. The van der Waals surface area contributed by atoms with Crippen LogP contribution >= 0.6 is 0 Å². The maximum atomic E-state index is 13.4. The van der Waals surface area contributed by atoms with Crippen molar-refractivity contribution in [2.24, 2.45) is 0 Å². The van der Waals surface area contributed by atoms with Crippen LogP contribution in [0, 0.1) is 0 Å². The van der Waals surface area contributed by atoms with Crippen molar-refractivity contribution < 1.29 is 14.0 Å². The van der Waals surface area contributed by atoms with Crippen LogP contribution in [-0.4, -0.2) is 22.8 Å². The Morgan fingerprint density at radius 3 is 2.50 bits per heavy atom. The highest BCUT2D eigenvalue weighted by Gasteiger charge is 2.37. The third kappa shape index (κ3) is 3.41. The molecular formula is C25H24N2O3. The van der Waals surface area contributed by atoms with Crippen LogP contribution in [0.1, 0.15) is 51.7 Å². The molecular weight excluding hydrogens is 376 g/mol. The van der Waals surface area contributed by atoms with Gasteiger partial charge in [-0.05, 0) is 53.6 Å². The fraction of sp³-hybridized carbons (Fsp3) is 0.280. The molecule has 5 nitrogen and oxygen atoms in total. The van der Waals surface area contributed by atoms with Crippen LogP contribution in [0.5, 0.6) is 0 Å². The molecule has 1 N–H and O–H groups in total. The number of rotatable bonds is 3. The van der Waals surface area contributed by atoms with Crippen molar-refractivity contribution in [1.82, 2.24) is 10.2 Å². The second-order valence-corrected chi connectivity index (χ2v) is 8.05. The van der Waals surface area contributed by atoms with Crippen molar-refractivity contribution in [2.75, 3.05) is 0 Å². The van der Waals surface area contributed by atoms with Crippen molar-refractivity contribution in [1.29, 1.82) is 0 Å². The molecule has 2 aromatic carbocycles. The molecule has 1 aromatic heterocycles. The topological polar surface area (TPSA) is 62.6 Å². The minimum absolute atomic E-state index is 0.0137. The fourth-order valence-electron chi connectivity index (χ4n) is 4.68. The Morgan fingerprint density at radius 1 is 0.933 bits per heavy atom. The summed E-state index contributed by atoms with van der Waals surface area (Å²) in [4.78, 5) is 28.2. The van der Waals surface area contributed by atoms with E-state index in [2.05, 4.69) is 17.4 Å². The number of nitrogens with zero attached hydrogens (tertiary/aromatic N) is 1. The third-order valence-electron chi connectivity index (χ3n) is 6.23. The van der Waals surface area contributed by atoms with E-state index in [1.165, 1.54) is 17.4 Å². The summed E-state index contributed by atoms with van der Waals surface area (Å²) in [5.74, 6) is -0.0972. The molecule has 2 unspecified atom stereocenters. The lowest BCUT2D eigenvalue weighted by Crippen LogP contribution is -2.53. The second kappa shape index (κ2) is 7.82. The van der Waals surface area contributed by atoms with E-state index in [4.69, 9.17) is 4.42 Å². The molecule has 0 bridgehead atoms. The van der Waals surface area contributed by atoms with Crippen molar-refractivity contribution in [3.8, 4) is 0 Å². The molecule has 1 aliphatic heterocycles. The Balaban J connectivity index is 1.43. The molecule has 0 saturated carbocycles. The van der Waals surface area contributed by atoms with Gasteiger partial charge >= 0.3 is 0 Å². The van der Waals surface area contributed by atoms with Crippen molar-refractivity contribution in [2.45, 2.75) is 44.3 Å². The minimum atomic E-state index is -0.563. The van der Waals surface area contributed by atoms with E-state index >= 15 is 0 Å². The zero-order valence-corrected chi connectivity index (χ0v) is 16.7. The number of nitrogens with one attached hydrogen (secondary N) is 1. The molecule has 2 amide bonds. The Labute approximate surface area is 175 Å². The summed E-state index contributed by atoms with van der Waals surface area (Å²) in [7, 11) is 0. The Morgan fingerprint density at radius 2 is 1.70 bits per heavy atom. The Bertz CT molecular complexity index is 1070. The molecule has 0 fully saturated rings. The summed E-state index contributed by atoms with van der Waals surface area (Å²) >= 11 is 0. The molecule has 2 aliphatic rings. The SMILES string of the molecule is O=C(NC1CCCc2ccccc21)C1Cc2ccccc2CN1C(=O)c1ccco1. The zero-order valence-electron chi connectivity index (χ0n) is 16.7. The van der Waals surface area contributed by atoms with Gasteiger partial charge in [0.25, 0.3) is 5.91 Å². The highest BCUT2D eigenvalue weighted by atomic mass is 16.3. The van der Waals surface area contributed by atoms with Crippen molar-refractivity contribution in [3.63, 3.8) is 0 Å². The van der Waals surface area contributed by atoms with Gasteiger partial charge in [0.1, 0.15) is 6.04 Å². The molecule has 0 saturated heterocycles. The van der Waals surface area contributed by atoms with Crippen LogP contribution < -0.4 is 5.32 Å². The summed E-state index contributed by atoms with van der Waals surface area (Å²) in [5.41, 5.74) is 4.68. The van der Waals surface area contributed by atoms with Gasteiger partial charge in [-0.2, -0.15) is 0 Å². The van der Waals surface area contributed by atoms with Crippen LogP contribution in [0.4, 0.5) is 0 Å². The third-order valence-corrected chi connectivity index (χ3v) is 6.23. The first-order chi connectivity index (χ1) is 14.7. The average Bonchev–Trinajstić information content (AvgIpc) is 3.33. The van der Waals surface area contributed by atoms with E-state index in [9.17, 15) is 9.59 Å². The summed E-state index contributed by atoms with van der Waals surface area (Å²) < 4.78 is 5.34. The van der Waals surface area contributed by atoms with E-state index in [0.29, 0.717) is 13.0 Å². The first kappa shape index (κ1) is 18.7. The molecule has 0 spiro atoms. The molecule has 2 heterocycles. The number of amides is 2. The smallest absolute Gasteiger partial charge is 0.290 e. The number of furan rings is 1. The highest BCUT2D eigenvalue weighted by Crippen LogP contribution is 2.31. The van der Waals surface area contributed by atoms with Gasteiger partial charge in [0.2, 0.25) is 5.91 Å². The number of aryl methyl sites for hydroxylation is 1. The van der Waals surface area contributed by atoms with Crippen LogP contribution in [0.25, 0.3) is 0 Å². The summed E-state index contributed by atoms with van der Waals surface area (Å²) in [6.45, 7) is 0.398. The maximum absolute atomic E-state index is 13.4. The fourth-order valence-corrected chi connectivity index (χ4v) is 4.68. The average molecular weight is 400 g/mol. The number of carbonyl (C=O) groups is 2. The number of benzene rings is 2. The van der Waals surface area contributed by atoms with Gasteiger partial charge in [0, 0.05) is 13.0 Å². The van der Waals surface area contributed by atoms with Gasteiger partial charge in [0.05, 0.1) is 12.3 Å². The van der Waals surface area contributed by atoms with E-state index in [-0.39, 0.29) is 23.6 Å². The van der Waals surface area contributed by atoms with Crippen LogP contribution in [-0.2, 0) is 24.2 Å². The highest BCUT2D eigenvalue weighted by molar-refractivity contribution is 5.96. The standard InChI is InChI=1S/C25H24N2O3/c28-24(26-21-12-5-10-17-7-3-4-11-20(17)21)22-15-18-8-1-2-9-19(18)16-27(22)25(29)23-13-6-14-30-23/h1-4,6-9,11,13-14,21-22H,5,10,12,15-16H2,(H,26,28). The van der Waals surface area contributed by atoms with Gasteiger partial charge in [-0.1, -0.05) is 48.5 Å². The number of hydrogen-bond acceptors (Lipinski definition) is 3. The van der Waals surface area contributed by atoms with Crippen LogP contribution in [0.3, 0.4) is 0 Å². The molecule has 5 heteroatoms. The van der Waals surface area contributed by atoms with Crippen molar-refractivity contribution in [3.05, 3.63) is 94.9 Å². The van der Waals surface area contributed by atoms with Crippen LogP contribution in [0.2, 0.25) is 0 Å². The molecule has 30 heavy (non-hydrogen) atoms. The van der Waals surface area contributed by atoms with Gasteiger partial charge in [0.15, 0.2) is 5.76 Å². The quantitative estimate of drug-likeness (QED) is 0.722. The molecule has 1 aliphatic carbocycles. The summed E-state index contributed by atoms with van der Waals surface area (Å²) in [6.07, 6.45) is 4.99.